The second-order valence-electron chi connectivity index (χ2n) is 4.80. The molecule has 2 aromatic heterocycles. The molecule has 3 aromatic rings. The van der Waals surface area contributed by atoms with Crippen LogP contribution in [0, 0.1) is 6.92 Å². The number of halogens is 1. The van der Waals surface area contributed by atoms with E-state index < -0.39 is 0 Å². The van der Waals surface area contributed by atoms with Crippen molar-refractivity contribution in [2.75, 3.05) is 7.11 Å². The average Bonchev–Trinajstić information content (AvgIpc) is 3.04. The van der Waals surface area contributed by atoms with E-state index in [-0.39, 0.29) is 5.91 Å². The highest BCUT2D eigenvalue weighted by Gasteiger charge is 2.16. The Balaban J connectivity index is 2.00. The van der Waals surface area contributed by atoms with Gasteiger partial charge >= 0.3 is 0 Å². The number of hydrogen-bond donors (Lipinski definition) is 1. The Hall–Kier alpha value is -1.89. The number of aromatic nitrogens is 2. The number of hydrogen-bond acceptors (Lipinski definition) is 4. The highest BCUT2D eigenvalue weighted by atomic mass is 35.5. The normalized spacial score (nSPS) is 11.0. The van der Waals surface area contributed by atoms with Crippen LogP contribution in [0.25, 0.3) is 10.2 Å². The Morgan fingerprint density at radius 2 is 2.23 bits per heavy atom. The summed E-state index contributed by atoms with van der Waals surface area (Å²) in [6.45, 7) is 2.49. The molecule has 22 heavy (non-hydrogen) atoms. The molecule has 0 saturated heterocycles. The van der Waals surface area contributed by atoms with E-state index in [4.69, 9.17) is 11.6 Å². The molecule has 1 amide bonds. The lowest BCUT2D eigenvalue weighted by Crippen LogP contribution is -2.20. The number of carbonyl (C=O) groups excluding carboxylic acids is 1. The van der Waals surface area contributed by atoms with Crippen molar-refractivity contribution in [3.05, 3.63) is 51.5 Å². The summed E-state index contributed by atoms with van der Waals surface area (Å²) >= 11 is 7.59. The first-order valence-electron chi connectivity index (χ1n) is 6.64. The number of carbonyl (C=O) groups is 1. The summed E-state index contributed by atoms with van der Waals surface area (Å²) in [6.07, 6.45) is 0. The van der Waals surface area contributed by atoms with Gasteiger partial charge in [-0.15, -0.1) is 11.3 Å². The van der Waals surface area contributed by atoms with Crippen LogP contribution in [0.5, 0.6) is 0 Å². The Morgan fingerprint density at radius 1 is 1.45 bits per heavy atom. The molecule has 0 unspecified atom stereocenters. The molecule has 7 heteroatoms. The molecule has 0 spiro atoms. The van der Waals surface area contributed by atoms with Crippen LogP contribution >= 0.6 is 22.9 Å². The molecule has 0 aliphatic carbocycles. The molecule has 0 fully saturated rings. The fraction of sp³-hybridized carbons (Fsp3) is 0.200. The maximum absolute atomic E-state index is 11.9. The molecule has 0 atom stereocenters. The predicted molar refractivity (Wildman–Crippen MR) is 87.4 cm³/mol. The van der Waals surface area contributed by atoms with Gasteiger partial charge in [0.1, 0.15) is 4.83 Å². The van der Waals surface area contributed by atoms with Gasteiger partial charge in [0, 0.05) is 10.4 Å². The number of amides is 1. The molecular weight excluding hydrogens is 322 g/mol. The number of nitrogens with zero attached hydrogens (tertiary/aromatic N) is 2. The summed E-state index contributed by atoms with van der Waals surface area (Å²) in [4.78, 5) is 18.1. The molecule has 5 nitrogen and oxygen atoms in total. The molecule has 0 saturated carbocycles. The fourth-order valence-corrected chi connectivity index (χ4v) is 3.50. The minimum Gasteiger partial charge on any atom is -0.277 e. The number of rotatable bonds is 4. The fourth-order valence-electron chi connectivity index (χ4n) is 2.26. The predicted octanol–water partition coefficient (Wildman–Crippen LogP) is 3.40. The third-order valence-electron chi connectivity index (χ3n) is 3.30. The molecule has 0 aliphatic rings. The van der Waals surface area contributed by atoms with Gasteiger partial charge in [0.05, 0.1) is 24.2 Å². The SMILES string of the molecule is CONC(=O)c1cc2c(C)nn(Cc3ccccc3Cl)c2s1. The summed E-state index contributed by atoms with van der Waals surface area (Å²) in [6, 6.07) is 9.50. The maximum atomic E-state index is 11.9. The first kappa shape index (κ1) is 15.0. The molecule has 0 radical (unpaired) electrons. The Morgan fingerprint density at radius 3 is 2.95 bits per heavy atom. The molecular formula is C15H14ClN3O2S. The first-order chi connectivity index (χ1) is 10.6. The van der Waals surface area contributed by atoms with Crippen LogP contribution in [0.1, 0.15) is 20.9 Å². The van der Waals surface area contributed by atoms with Crippen LogP contribution in [0.15, 0.2) is 30.3 Å². The number of thiophene rings is 1. The lowest BCUT2D eigenvalue weighted by atomic mass is 10.2. The van der Waals surface area contributed by atoms with Gasteiger partial charge in [-0.2, -0.15) is 5.10 Å². The third-order valence-corrected chi connectivity index (χ3v) is 4.82. The van der Waals surface area contributed by atoms with Gasteiger partial charge < -0.3 is 0 Å². The van der Waals surface area contributed by atoms with Crippen LogP contribution in [-0.2, 0) is 11.4 Å². The number of nitrogens with one attached hydrogen (secondary N) is 1. The zero-order valence-electron chi connectivity index (χ0n) is 12.1. The van der Waals surface area contributed by atoms with Crippen LogP contribution in [0.4, 0.5) is 0 Å². The van der Waals surface area contributed by atoms with Gasteiger partial charge in [-0.05, 0) is 24.6 Å². The van der Waals surface area contributed by atoms with Crippen molar-refractivity contribution in [2.45, 2.75) is 13.5 Å². The van der Waals surface area contributed by atoms with E-state index in [9.17, 15) is 4.79 Å². The van der Waals surface area contributed by atoms with E-state index in [2.05, 4.69) is 15.4 Å². The van der Waals surface area contributed by atoms with Gasteiger partial charge in [-0.25, -0.2) is 5.48 Å². The Kier molecular flexibility index (Phi) is 4.15. The smallest absolute Gasteiger partial charge is 0.277 e. The second-order valence-corrected chi connectivity index (χ2v) is 6.24. The minimum atomic E-state index is -0.257. The summed E-state index contributed by atoms with van der Waals surface area (Å²) in [5.74, 6) is -0.257. The van der Waals surface area contributed by atoms with Crippen molar-refractivity contribution in [3.8, 4) is 0 Å². The van der Waals surface area contributed by atoms with Crippen LogP contribution < -0.4 is 5.48 Å². The van der Waals surface area contributed by atoms with Crippen molar-refractivity contribution < 1.29 is 9.63 Å². The van der Waals surface area contributed by atoms with Crippen molar-refractivity contribution in [1.82, 2.24) is 15.3 Å². The summed E-state index contributed by atoms with van der Waals surface area (Å²) in [5, 5.41) is 6.21. The summed E-state index contributed by atoms with van der Waals surface area (Å²) in [5.41, 5.74) is 4.21. The quantitative estimate of drug-likeness (QED) is 0.743. The van der Waals surface area contributed by atoms with Crippen LogP contribution in [0.2, 0.25) is 5.02 Å². The zero-order chi connectivity index (χ0) is 15.7. The minimum absolute atomic E-state index is 0.257. The van der Waals surface area contributed by atoms with E-state index >= 15 is 0 Å². The van der Waals surface area contributed by atoms with Gasteiger partial charge in [0.2, 0.25) is 0 Å². The van der Waals surface area contributed by atoms with Crippen molar-refractivity contribution in [3.63, 3.8) is 0 Å². The van der Waals surface area contributed by atoms with Crippen LogP contribution in [-0.4, -0.2) is 22.8 Å². The summed E-state index contributed by atoms with van der Waals surface area (Å²) < 4.78 is 1.88. The van der Waals surface area contributed by atoms with Gasteiger partial charge in [0.25, 0.3) is 5.91 Å². The van der Waals surface area contributed by atoms with Gasteiger partial charge in [0.15, 0.2) is 0 Å². The Labute approximate surface area is 136 Å². The largest absolute Gasteiger partial charge is 0.284 e. The second kappa shape index (κ2) is 6.08. The summed E-state index contributed by atoms with van der Waals surface area (Å²) in [7, 11) is 1.41. The van der Waals surface area contributed by atoms with Crippen LogP contribution in [0.3, 0.4) is 0 Å². The third kappa shape index (κ3) is 2.72. The maximum Gasteiger partial charge on any atom is 0.284 e. The highest BCUT2D eigenvalue weighted by molar-refractivity contribution is 7.20. The molecule has 114 valence electrons. The van der Waals surface area contributed by atoms with E-state index in [1.165, 1.54) is 18.4 Å². The molecule has 1 N–H and O–H groups in total. The molecule has 3 rings (SSSR count). The lowest BCUT2D eigenvalue weighted by molar-refractivity contribution is 0.0542. The average molecular weight is 336 g/mol. The number of aryl methyl sites for hydroxylation is 1. The number of fused-ring (bicyclic) bond motifs is 1. The highest BCUT2D eigenvalue weighted by Crippen LogP contribution is 2.29. The molecule has 2 heterocycles. The monoisotopic (exact) mass is 335 g/mol. The topological polar surface area (TPSA) is 56.1 Å². The van der Waals surface area contributed by atoms with Crippen molar-refractivity contribution in [2.24, 2.45) is 0 Å². The van der Waals surface area contributed by atoms with E-state index in [1.54, 1.807) is 0 Å². The number of benzene rings is 1. The molecule has 0 bridgehead atoms. The standard InChI is InChI=1S/C15H14ClN3O2S/c1-9-11-7-13(14(20)18-21-2)22-15(11)19(17-9)8-10-5-3-4-6-12(10)16/h3-7H,8H2,1-2H3,(H,18,20). The van der Waals surface area contributed by atoms with Gasteiger partial charge in [-0.3, -0.25) is 14.3 Å². The van der Waals surface area contributed by atoms with E-state index in [0.717, 1.165) is 21.5 Å². The van der Waals surface area contributed by atoms with Crippen molar-refractivity contribution >= 4 is 39.1 Å². The molecule has 1 aromatic carbocycles. The number of hydroxylamine groups is 1. The Bertz CT molecular complexity index is 841. The van der Waals surface area contributed by atoms with E-state index in [0.29, 0.717) is 16.4 Å². The zero-order valence-corrected chi connectivity index (χ0v) is 13.7. The van der Waals surface area contributed by atoms with E-state index in [1.807, 2.05) is 41.9 Å². The van der Waals surface area contributed by atoms with Crippen molar-refractivity contribution in [1.29, 1.82) is 0 Å². The lowest BCUT2D eigenvalue weighted by Gasteiger charge is -2.05. The molecule has 0 aliphatic heterocycles. The van der Waals surface area contributed by atoms with Gasteiger partial charge in [-0.1, -0.05) is 29.8 Å². The first-order valence-corrected chi connectivity index (χ1v) is 7.83.